The molecule has 3 unspecified atom stereocenters. The maximum atomic E-state index is 12.6. The lowest BCUT2D eigenvalue weighted by Gasteiger charge is -2.30. The first-order valence-corrected chi connectivity index (χ1v) is 34.9. The number of thioether (sulfide) groups is 1. The summed E-state index contributed by atoms with van der Waals surface area (Å²) in [4.78, 5) is 37.1. The van der Waals surface area contributed by atoms with Crippen molar-refractivity contribution in [2.75, 3.05) is 70.8 Å². The van der Waals surface area contributed by atoms with Crippen LogP contribution in [0.2, 0.25) is 0 Å². The van der Waals surface area contributed by atoms with Gasteiger partial charge in [0, 0.05) is 58.0 Å². The maximum absolute atomic E-state index is 12.6. The van der Waals surface area contributed by atoms with Gasteiger partial charge >= 0.3 is 6.09 Å². The van der Waals surface area contributed by atoms with E-state index in [-0.39, 0.29) is 41.6 Å². The maximum Gasteiger partial charge on any atom is 0.407 e. The predicted octanol–water partition coefficient (Wildman–Crippen LogP) is 17.8. The van der Waals surface area contributed by atoms with Crippen LogP contribution in [0.4, 0.5) is 4.79 Å². The summed E-state index contributed by atoms with van der Waals surface area (Å²) >= 11 is 1.84. The highest BCUT2D eigenvalue weighted by molar-refractivity contribution is 7.99. The van der Waals surface area contributed by atoms with Crippen molar-refractivity contribution in [3.8, 4) is 0 Å². The lowest BCUT2D eigenvalue weighted by molar-refractivity contribution is -0.122. The quantitative estimate of drug-likeness (QED) is 0.0438. The highest BCUT2D eigenvalue weighted by Gasteiger charge is 2.24. The average Bonchev–Trinajstić information content (AvgIpc) is 3.41. The fourth-order valence-corrected chi connectivity index (χ4v) is 11.4. The zero-order valence-electron chi connectivity index (χ0n) is 53.5. The fraction of sp³-hybridized carbons (Fsp3) is 0.955. The van der Waals surface area contributed by atoms with Crippen molar-refractivity contribution in [3.05, 3.63) is 0 Å². The minimum Gasteiger partial charge on any atom is -0.450 e. The molecule has 0 radical (unpaired) electrons. The summed E-state index contributed by atoms with van der Waals surface area (Å²) < 4.78 is 24.3. The van der Waals surface area contributed by atoms with E-state index in [0.29, 0.717) is 77.2 Å². The Morgan fingerprint density at radius 1 is 0.443 bits per heavy atom. The molecule has 470 valence electrons. The molecule has 4 N–H and O–H groups in total. The number of rotatable bonds is 62. The van der Waals surface area contributed by atoms with Crippen LogP contribution in [0.25, 0.3) is 0 Å². The van der Waals surface area contributed by atoms with Crippen LogP contribution in [0.3, 0.4) is 0 Å². The van der Waals surface area contributed by atoms with Crippen LogP contribution in [-0.4, -0.2) is 105 Å². The van der Waals surface area contributed by atoms with Gasteiger partial charge in [-0.25, -0.2) is 4.79 Å². The van der Waals surface area contributed by atoms with Gasteiger partial charge in [-0.05, 0) is 109 Å². The number of aliphatic hydroxyl groups excluding tert-OH is 1. The van der Waals surface area contributed by atoms with E-state index in [1.807, 2.05) is 39.5 Å². The molecule has 0 aromatic heterocycles. The Bertz CT molecular complexity index is 1340. The summed E-state index contributed by atoms with van der Waals surface area (Å²) in [6, 6.07) is 0. The molecule has 3 atom stereocenters. The number of nitrogens with one attached hydrogen (secondary N) is 3. The standard InChI is InChI=1S/C67H133N3O8S/c1-9-12-15-17-19-21-23-25-26-28-30-32-34-37-42-62(61(43-40-52-71)41-36-33-31-29-27-24-22-20-18-16-13-10-2)59-75-58-60(4)45-53-76-65(74)70-49-39-35-38-44-63(72)68-50-47-66(5,6)77-54-48-67(7,8)78-55-51-69-64(73)46-57-79-56-14-11-3/h60-62,71H,9-59H2,1-8H3,(H,68,72)(H,69,73)(H,70,74). The largest absolute Gasteiger partial charge is 0.450 e. The number of ether oxygens (including phenoxy) is 4. The van der Waals surface area contributed by atoms with Crippen LogP contribution in [0.5, 0.6) is 0 Å². The van der Waals surface area contributed by atoms with Crippen LogP contribution in [-0.2, 0) is 28.5 Å². The van der Waals surface area contributed by atoms with Gasteiger partial charge in [-0.15, -0.1) is 0 Å². The van der Waals surface area contributed by atoms with Crippen LogP contribution < -0.4 is 16.0 Å². The number of aliphatic hydroxyl groups is 1. The number of carbonyl (C=O) groups is 3. The Kier molecular flexibility index (Phi) is 55.7. The molecule has 0 aliphatic heterocycles. The number of unbranched alkanes of at least 4 members (excludes halogenated alkanes) is 27. The predicted molar refractivity (Wildman–Crippen MR) is 339 cm³/mol. The lowest BCUT2D eigenvalue weighted by atomic mass is 9.81. The zero-order valence-corrected chi connectivity index (χ0v) is 54.3. The summed E-state index contributed by atoms with van der Waals surface area (Å²) in [5.41, 5.74) is -0.757. The summed E-state index contributed by atoms with van der Waals surface area (Å²) in [6.45, 7) is 21.8. The Hall–Kier alpha value is -1.60. The molecule has 12 heteroatoms. The van der Waals surface area contributed by atoms with Gasteiger partial charge < -0.3 is 40.0 Å². The first kappa shape index (κ1) is 77.4. The SMILES string of the molecule is CCCCCCCCCCCCCCCCC(COCC(C)CCOC(=O)NCCCCCC(=O)NCCC(C)(C)OCCC(C)(C)OCCNC(=O)CCSCCCC)C(CCCO)CCCCCCCCCCCCCC. The van der Waals surface area contributed by atoms with Gasteiger partial charge in [0.2, 0.25) is 11.8 Å². The summed E-state index contributed by atoms with van der Waals surface area (Å²) in [6.07, 6.45) is 47.8. The monoisotopic (exact) mass is 1140 g/mol. The topological polar surface area (TPSA) is 144 Å². The third kappa shape index (κ3) is 55.4. The van der Waals surface area contributed by atoms with E-state index in [4.69, 9.17) is 18.9 Å². The molecule has 0 spiro atoms. The van der Waals surface area contributed by atoms with E-state index in [2.05, 4.69) is 43.6 Å². The number of alkyl carbamates (subject to hydrolysis) is 1. The highest BCUT2D eigenvalue weighted by Crippen LogP contribution is 2.30. The van der Waals surface area contributed by atoms with Gasteiger partial charge in [-0.2, -0.15) is 11.8 Å². The molecule has 11 nitrogen and oxygen atoms in total. The van der Waals surface area contributed by atoms with E-state index in [0.717, 1.165) is 63.1 Å². The minimum absolute atomic E-state index is 0.0370. The van der Waals surface area contributed by atoms with Gasteiger partial charge in [0.1, 0.15) is 0 Å². The Morgan fingerprint density at radius 2 is 0.911 bits per heavy atom. The Balaban J connectivity index is 4.49. The Morgan fingerprint density at radius 3 is 1.47 bits per heavy atom. The fourth-order valence-electron chi connectivity index (χ4n) is 10.4. The molecule has 0 saturated heterocycles. The molecule has 0 saturated carbocycles. The second-order valence-electron chi connectivity index (χ2n) is 24.9. The second-order valence-corrected chi connectivity index (χ2v) is 26.1. The van der Waals surface area contributed by atoms with Gasteiger partial charge in [0.15, 0.2) is 0 Å². The van der Waals surface area contributed by atoms with Crippen LogP contribution in [0, 0.1) is 17.8 Å². The molecule has 0 aliphatic rings. The Labute approximate surface area is 493 Å². The van der Waals surface area contributed by atoms with Gasteiger partial charge in [0.25, 0.3) is 0 Å². The molecule has 0 aromatic carbocycles. The number of carbonyl (C=O) groups excluding carboxylic acids is 3. The van der Waals surface area contributed by atoms with Gasteiger partial charge in [-0.1, -0.05) is 214 Å². The van der Waals surface area contributed by atoms with Crippen molar-refractivity contribution in [1.82, 2.24) is 16.0 Å². The average molecular weight is 1140 g/mol. The third-order valence-corrected chi connectivity index (χ3v) is 17.0. The molecule has 79 heavy (non-hydrogen) atoms. The summed E-state index contributed by atoms with van der Waals surface area (Å²) in [7, 11) is 0. The lowest BCUT2D eigenvalue weighted by Crippen LogP contribution is -2.36. The van der Waals surface area contributed by atoms with E-state index >= 15 is 0 Å². The summed E-state index contributed by atoms with van der Waals surface area (Å²) in [5.74, 6) is 3.51. The molecular weight excluding hydrogens is 1010 g/mol. The molecule has 0 fully saturated rings. The van der Waals surface area contributed by atoms with Gasteiger partial charge in [-0.3, -0.25) is 9.59 Å². The molecule has 0 aliphatic carbocycles. The highest BCUT2D eigenvalue weighted by atomic mass is 32.2. The zero-order chi connectivity index (χ0) is 58.2. The normalized spacial score (nSPS) is 13.1. The smallest absolute Gasteiger partial charge is 0.407 e. The van der Waals surface area contributed by atoms with Gasteiger partial charge in [0.05, 0.1) is 31.0 Å². The minimum atomic E-state index is -0.385. The molecule has 3 amide bonds. The molecule has 0 aromatic rings. The first-order valence-electron chi connectivity index (χ1n) is 33.8. The van der Waals surface area contributed by atoms with E-state index < -0.39 is 0 Å². The molecule has 0 heterocycles. The van der Waals surface area contributed by atoms with Crippen molar-refractivity contribution in [1.29, 1.82) is 0 Å². The van der Waals surface area contributed by atoms with E-state index in [9.17, 15) is 19.5 Å². The second kappa shape index (κ2) is 56.9. The van der Waals surface area contributed by atoms with E-state index in [1.54, 1.807) is 0 Å². The van der Waals surface area contributed by atoms with Crippen molar-refractivity contribution < 1.29 is 38.4 Å². The number of amides is 3. The molecule has 0 bridgehead atoms. The van der Waals surface area contributed by atoms with Crippen molar-refractivity contribution in [3.63, 3.8) is 0 Å². The van der Waals surface area contributed by atoms with Crippen LogP contribution >= 0.6 is 11.8 Å². The molecular formula is C67H133N3O8S. The summed E-state index contributed by atoms with van der Waals surface area (Å²) in [5, 5.41) is 18.8. The van der Waals surface area contributed by atoms with E-state index in [1.165, 1.54) is 193 Å². The van der Waals surface area contributed by atoms with Crippen LogP contribution in [0.1, 0.15) is 312 Å². The van der Waals surface area contributed by atoms with Crippen molar-refractivity contribution >= 4 is 29.7 Å². The number of hydrogen-bond acceptors (Lipinski definition) is 9. The van der Waals surface area contributed by atoms with Crippen LogP contribution in [0.15, 0.2) is 0 Å². The molecule has 0 rings (SSSR count). The number of hydrogen-bond donors (Lipinski definition) is 4. The third-order valence-electron chi connectivity index (χ3n) is 16.0. The van der Waals surface area contributed by atoms with Crippen molar-refractivity contribution in [2.45, 2.75) is 323 Å². The first-order chi connectivity index (χ1) is 38.3. The van der Waals surface area contributed by atoms with Crippen molar-refractivity contribution in [2.24, 2.45) is 17.8 Å².